The number of nitrogens with zero attached hydrogens (tertiary/aromatic N) is 2. The highest BCUT2D eigenvalue weighted by Gasteiger charge is 2.17. The number of carboxylic acid groups (broad SMARTS) is 1. The summed E-state index contributed by atoms with van der Waals surface area (Å²) in [6.07, 6.45) is 0. The van der Waals surface area contributed by atoms with E-state index in [9.17, 15) is 4.79 Å². The van der Waals surface area contributed by atoms with Crippen molar-refractivity contribution in [2.24, 2.45) is 7.05 Å². The number of aromatic carboxylic acids is 1. The van der Waals surface area contributed by atoms with Crippen LogP contribution in [-0.4, -0.2) is 26.0 Å². The fraction of sp³-hybridized carbons (Fsp3) is 0.333. The Morgan fingerprint density at radius 2 is 2.18 bits per heavy atom. The third-order valence-corrected chi connectivity index (χ3v) is 1.50. The van der Waals surface area contributed by atoms with Gasteiger partial charge < -0.3 is 10.2 Å². The van der Waals surface area contributed by atoms with Gasteiger partial charge in [-0.15, -0.1) is 0 Å². The van der Waals surface area contributed by atoms with Crippen molar-refractivity contribution in [3.05, 3.63) is 11.4 Å². The minimum absolute atomic E-state index is 0.264. The number of rotatable bonds is 1. The van der Waals surface area contributed by atoms with Gasteiger partial charge in [0.05, 0.1) is 5.69 Å². The molecule has 0 atom stereocenters. The van der Waals surface area contributed by atoms with E-state index in [1.807, 2.05) is 0 Å². The van der Waals surface area contributed by atoms with Gasteiger partial charge in [-0.25, -0.2) is 4.79 Å². The molecule has 1 rings (SSSR count). The summed E-state index contributed by atoms with van der Waals surface area (Å²) in [5, 5.41) is 21.2. The molecule has 0 radical (unpaired) electrons. The normalized spacial score (nSPS) is 10.0. The Kier molecular flexibility index (Phi) is 1.56. The number of aromatic nitrogens is 2. The predicted molar refractivity (Wildman–Crippen MR) is 36.6 cm³/mol. The number of carboxylic acids is 1. The largest absolute Gasteiger partial charge is 0.504 e. The molecule has 0 fully saturated rings. The quantitative estimate of drug-likeness (QED) is 0.606. The minimum atomic E-state index is -1.22. The Labute approximate surface area is 62.9 Å². The van der Waals surface area contributed by atoms with Crippen LogP contribution in [0.1, 0.15) is 16.2 Å². The van der Waals surface area contributed by atoms with E-state index >= 15 is 0 Å². The molecule has 0 aliphatic carbocycles. The van der Waals surface area contributed by atoms with Crippen LogP contribution in [0.15, 0.2) is 0 Å². The molecular formula is C6H8N2O3. The molecule has 1 aromatic rings. The molecule has 1 heterocycles. The number of aryl methyl sites for hydroxylation is 1. The molecule has 5 heteroatoms. The van der Waals surface area contributed by atoms with Gasteiger partial charge in [-0.1, -0.05) is 0 Å². The summed E-state index contributed by atoms with van der Waals surface area (Å²) in [6.45, 7) is 1.59. The predicted octanol–water partition coefficient (Wildman–Crippen LogP) is 0.132. The Morgan fingerprint density at radius 1 is 1.64 bits per heavy atom. The molecule has 2 N–H and O–H groups in total. The van der Waals surface area contributed by atoms with Crippen molar-refractivity contribution in [2.75, 3.05) is 0 Å². The van der Waals surface area contributed by atoms with Crippen LogP contribution in [0.2, 0.25) is 0 Å². The maximum Gasteiger partial charge on any atom is 0.360 e. The maximum absolute atomic E-state index is 10.4. The van der Waals surface area contributed by atoms with Gasteiger partial charge in [0.25, 0.3) is 0 Å². The first-order valence-corrected chi connectivity index (χ1v) is 3.00. The molecule has 0 aliphatic rings. The van der Waals surface area contributed by atoms with Crippen LogP contribution in [0.5, 0.6) is 5.75 Å². The number of hydrogen-bond acceptors (Lipinski definition) is 3. The summed E-state index contributed by atoms with van der Waals surface area (Å²) in [5.74, 6) is -1.48. The molecule has 5 nitrogen and oxygen atoms in total. The Balaban J connectivity index is 3.29. The molecule has 0 saturated carbocycles. The summed E-state index contributed by atoms with van der Waals surface area (Å²) in [6, 6.07) is 0. The fourth-order valence-electron chi connectivity index (χ4n) is 0.741. The van der Waals surface area contributed by atoms with Crippen molar-refractivity contribution >= 4 is 5.97 Å². The Hall–Kier alpha value is -1.52. The molecule has 0 aliphatic heterocycles. The van der Waals surface area contributed by atoms with E-state index < -0.39 is 5.97 Å². The first-order chi connectivity index (χ1) is 5.04. The van der Waals surface area contributed by atoms with E-state index in [0.717, 1.165) is 0 Å². The van der Waals surface area contributed by atoms with E-state index in [-0.39, 0.29) is 11.4 Å². The molecular weight excluding hydrogens is 148 g/mol. The first-order valence-electron chi connectivity index (χ1n) is 3.00. The van der Waals surface area contributed by atoms with Crippen LogP contribution in [0, 0.1) is 6.92 Å². The number of hydrogen-bond donors (Lipinski definition) is 2. The van der Waals surface area contributed by atoms with E-state index in [2.05, 4.69) is 5.10 Å². The Morgan fingerprint density at radius 3 is 2.36 bits per heavy atom. The molecule has 60 valence electrons. The van der Waals surface area contributed by atoms with E-state index in [1.165, 1.54) is 4.68 Å². The monoisotopic (exact) mass is 156 g/mol. The van der Waals surface area contributed by atoms with E-state index in [1.54, 1.807) is 14.0 Å². The standard InChI is InChI=1S/C6H8N2O3/c1-3-5(9)4(6(10)11)7-8(3)2/h9H,1-2H3,(H,10,11). The van der Waals surface area contributed by atoms with E-state index in [0.29, 0.717) is 5.69 Å². The zero-order chi connectivity index (χ0) is 8.59. The lowest BCUT2D eigenvalue weighted by Crippen LogP contribution is -1.99. The molecule has 0 bridgehead atoms. The average Bonchev–Trinajstić information content (AvgIpc) is 2.17. The molecule has 0 unspecified atom stereocenters. The minimum Gasteiger partial charge on any atom is -0.504 e. The summed E-state index contributed by atoms with van der Waals surface area (Å²) < 4.78 is 1.32. The molecule has 11 heavy (non-hydrogen) atoms. The highest BCUT2D eigenvalue weighted by atomic mass is 16.4. The maximum atomic E-state index is 10.4. The smallest absolute Gasteiger partial charge is 0.360 e. The average molecular weight is 156 g/mol. The number of carbonyl (C=O) groups is 1. The second-order valence-corrected chi connectivity index (χ2v) is 2.21. The van der Waals surface area contributed by atoms with Crippen LogP contribution in [0.3, 0.4) is 0 Å². The van der Waals surface area contributed by atoms with Crippen LogP contribution in [-0.2, 0) is 7.05 Å². The summed E-state index contributed by atoms with van der Waals surface area (Å²) in [5.41, 5.74) is 0.146. The van der Waals surface area contributed by atoms with Gasteiger partial charge in [0.2, 0.25) is 5.69 Å². The third kappa shape index (κ3) is 1.04. The lowest BCUT2D eigenvalue weighted by molar-refractivity contribution is 0.0686. The van der Waals surface area contributed by atoms with Crippen LogP contribution >= 0.6 is 0 Å². The Bertz CT molecular complexity index is 303. The van der Waals surface area contributed by atoms with Gasteiger partial charge in [-0.2, -0.15) is 5.10 Å². The van der Waals surface area contributed by atoms with Crippen molar-refractivity contribution in [3.8, 4) is 5.75 Å². The molecule has 1 aromatic heterocycles. The lowest BCUT2D eigenvalue weighted by Gasteiger charge is -1.89. The van der Waals surface area contributed by atoms with Crippen LogP contribution < -0.4 is 0 Å². The first kappa shape index (κ1) is 7.59. The summed E-state index contributed by atoms with van der Waals surface area (Å²) >= 11 is 0. The van der Waals surface area contributed by atoms with Gasteiger partial charge in [-0.05, 0) is 6.92 Å². The van der Waals surface area contributed by atoms with Gasteiger partial charge in [0.1, 0.15) is 0 Å². The van der Waals surface area contributed by atoms with Crippen molar-refractivity contribution in [3.63, 3.8) is 0 Å². The highest BCUT2D eigenvalue weighted by Crippen LogP contribution is 2.19. The summed E-state index contributed by atoms with van der Waals surface area (Å²) in [4.78, 5) is 10.4. The molecule has 0 spiro atoms. The van der Waals surface area contributed by atoms with Crippen LogP contribution in [0.25, 0.3) is 0 Å². The SMILES string of the molecule is Cc1c(O)c(C(=O)O)nn1C. The topological polar surface area (TPSA) is 75.3 Å². The number of aromatic hydroxyl groups is 1. The molecule has 0 aromatic carbocycles. The van der Waals surface area contributed by atoms with Gasteiger partial charge in [0, 0.05) is 7.05 Å². The highest BCUT2D eigenvalue weighted by molar-refractivity contribution is 5.88. The van der Waals surface area contributed by atoms with Crippen molar-refractivity contribution in [1.82, 2.24) is 9.78 Å². The lowest BCUT2D eigenvalue weighted by atomic mass is 10.3. The van der Waals surface area contributed by atoms with Crippen LogP contribution in [0.4, 0.5) is 0 Å². The van der Waals surface area contributed by atoms with Gasteiger partial charge >= 0.3 is 5.97 Å². The molecule has 0 amide bonds. The zero-order valence-electron chi connectivity index (χ0n) is 6.20. The molecule has 0 saturated heterocycles. The van der Waals surface area contributed by atoms with Crippen molar-refractivity contribution in [2.45, 2.75) is 6.92 Å². The van der Waals surface area contributed by atoms with Crippen molar-refractivity contribution in [1.29, 1.82) is 0 Å². The zero-order valence-corrected chi connectivity index (χ0v) is 6.20. The van der Waals surface area contributed by atoms with Gasteiger partial charge in [-0.3, -0.25) is 4.68 Å². The third-order valence-electron chi connectivity index (χ3n) is 1.50. The van der Waals surface area contributed by atoms with E-state index in [4.69, 9.17) is 10.2 Å². The van der Waals surface area contributed by atoms with Gasteiger partial charge in [0.15, 0.2) is 5.75 Å². The second-order valence-electron chi connectivity index (χ2n) is 2.21. The second kappa shape index (κ2) is 2.26. The summed E-state index contributed by atoms with van der Waals surface area (Å²) in [7, 11) is 1.57. The van der Waals surface area contributed by atoms with Crippen molar-refractivity contribution < 1.29 is 15.0 Å². The fourth-order valence-corrected chi connectivity index (χ4v) is 0.741.